The molecule has 1 aromatic heterocycles. The summed E-state index contributed by atoms with van der Waals surface area (Å²) in [5.74, 6) is 0.990. The van der Waals surface area contributed by atoms with Crippen LogP contribution in [0.25, 0.3) is 0 Å². The molecule has 2 heterocycles. The predicted octanol–water partition coefficient (Wildman–Crippen LogP) is 5.12. The molecule has 0 unspecified atom stereocenters. The van der Waals surface area contributed by atoms with Gasteiger partial charge in [0.2, 0.25) is 5.91 Å². The number of hydrogen-bond donors (Lipinski definition) is 1. The van der Waals surface area contributed by atoms with E-state index < -0.39 is 6.04 Å². The lowest BCUT2D eigenvalue weighted by atomic mass is 10.1. The van der Waals surface area contributed by atoms with Crippen LogP contribution in [0.3, 0.4) is 0 Å². The fourth-order valence-corrected chi connectivity index (χ4v) is 5.17. The first kappa shape index (κ1) is 25.7. The Bertz CT molecular complexity index is 1180. The molecule has 7 nitrogen and oxygen atoms in total. The fourth-order valence-electron chi connectivity index (χ4n) is 4.06. The normalized spacial score (nSPS) is 15.3. The zero-order valence-electron chi connectivity index (χ0n) is 20.3. The number of nitrogens with zero attached hydrogens (tertiary/aromatic N) is 2. The number of amides is 2. The Kier molecular flexibility index (Phi) is 8.56. The molecule has 1 fully saturated rings. The molecule has 1 N–H and O–H groups in total. The molecule has 1 aliphatic heterocycles. The van der Waals surface area contributed by atoms with Gasteiger partial charge in [0.05, 0.1) is 25.3 Å². The minimum absolute atomic E-state index is 0.00977. The van der Waals surface area contributed by atoms with Gasteiger partial charge in [0, 0.05) is 17.1 Å². The van der Waals surface area contributed by atoms with Gasteiger partial charge >= 0.3 is 0 Å². The Labute approximate surface area is 220 Å². The van der Waals surface area contributed by atoms with Crippen molar-refractivity contribution in [2.45, 2.75) is 32.7 Å². The summed E-state index contributed by atoms with van der Waals surface area (Å²) >= 11 is 7.42. The fraction of sp³-hybridized carbons (Fsp3) is 0.296. The van der Waals surface area contributed by atoms with Crippen molar-refractivity contribution in [3.63, 3.8) is 0 Å². The van der Waals surface area contributed by atoms with Crippen LogP contribution in [0.4, 0.5) is 11.4 Å². The molecule has 0 bridgehead atoms. The maximum Gasteiger partial charge on any atom is 0.256 e. The number of hydrogen-bond acceptors (Lipinski definition) is 6. The smallest absolute Gasteiger partial charge is 0.256 e. The van der Waals surface area contributed by atoms with Gasteiger partial charge in [-0.1, -0.05) is 6.07 Å². The Balaban J connectivity index is 1.51. The van der Waals surface area contributed by atoms with Crippen molar-refractivity contribution in [2.75, 3.05) is 30.0 Å². The highest BCUT2D eigenvalue weighted by molar-refractivity contribution is 7.80. The molecule has 9 heteroatoms. The Morgan fingerprint density at radius 1 is 1.00 bits per heavy atom. The Morgan fingerprint density at radius 3 is 2.22 bits per heavy atom. The Morgan fingerprint density at radius 2 is 1.64 bits per heavy atom. The highest BCUT2D eigenvalue weighted by atomic mass is 32.1. The number of thiophene rings is 1. The van der Waals surface area contributed by atoms with Crippen molar-refractivity contribution in [1.82, 2.24) is 4.90 Å². The van der Waals surface area contributed by atoms with Crippen molar-refractivity contribution in [1.29, 1.82) is 0 Å². The van der Waals surface area contributed by atoms with Crippen LogP contribution in [-0.2, 0) is 16.0 Å². The van der Waals surface area contributed by atoms with Crippen molar-refractivity contribution >= 4 is 51.9 Å². The average Bonchev–Trinajstić information content (AvgIpc) is 3.47. The summed E-state index contributed by atoms with van der Waals surface area (Å²) in [5.41, 5.74) is 1.30. The molecular formula is C27H29N3O4S2. The minimum atomic E-state index is -0.688. The lowest BCUT2D eigenvalue weighted by Crippen LogP contribution is -2.39. The number of carbonyl (C=O) groups excluding carboxylic acids is 2. The number of thiocarbonyl (C=S) groups is 1. The molecule has 1 saturated heterocycles. The molecule has 0 aliphatic carbocycles. The van der Waals surface area contributed by atoms with Crippen LogP contribution in [0.5, 0.6) is 11.5 Å². The summed E-state index contributed by atoms with van der Waals surface area (Å²) in [4.78, 5) is 31.1. The monoisotopic (exact) mass is 523 g/mol. The van der Waals surface area contributed by atoms with Gasteiger partial charge < -0.3 is 19.7 Å². The van der Waals surface area contributed by atoms with Gasteiger partial charge in [0.15, 0.2) is 5.11 Å². The lowest BCUT2D eigenvalue weighted by molar-refractivity contribution is -0.124. The van der Waals surface area contributed by atoms with E-state index in [2.05, 4.69) is 11.4 Å². The number of nitrogens with one attached hydrogen (secondary N) is 1. The molecule has 2 amide bonds. The third-order valence-electron chi connectivity index (χ3n) is 5.73. The number of anilines is 2. The molecule has 4 rings (SSSR count). The van der Waals surface area contributed by atoms with Gasteiger partial charge in [0.25, 0.3) is 5.91 Å². The number of ether oxygens (including phenoxy) is 2. The van der Waals surface area contributed by atoms with Crippen LogP contribution in [0, 0.1) is 0 Å². The molecule has 1 aliphatic rings. The van der Waals surface area contributed by atoms with Gasteiger partial charge in [-0.2, -0.15) is 0 Å². The van der Waals surface area contributed by atoms with Crippen molar-refractivity contribution in [3.05, 3.63) is 70.9 Å². The van der Waals surface area contributed by atoms with Crippen molar-refractivity contribution < 1.29 is 19.1 Å². The molecule has 0 saturated carbocycles. The average molecular weight is 524 g/mol. The van der Waals surface area contributed by atoms with E-state index in [0.717, 1.165) is 17.9 Å². The van der Waals surface area contributed by atoms with Gasteiger partial charge in [-0.15, -0.1) is 11.3 Å². The summed E-state index contributed by atoms with van der Waals surface area (Å²) in [6.07, 6.45) is 0.726. The van der Waals surface area contributed by atoms with Crippen LogP contribution in [-0.4, -0.2) is 47.6 Å². The lowest BCUT2D eigenvalue weighted by Gasteiger charge is -2.23. The van der Waals surface area contributed by atoms with E-state index in [9.17, 15) is 9.59 Å². The zero-order valence-corrected chi connectivity index (χ0v) is 21.9. The number of benzene rings is 2. The summed E-state index contributed by atoms with van der Waals surface area (Å²) in [7, 11) is 0. The van der Waals surface area contributed by atoms with E-state index >= 15 is 0 Å². The first-order valence-electron chi connectivity index (χ1n) is 11.9. The maximum absolute atomic E-state index is 13.6. The van der Waals surface area contributed by atoms with E-state index in [4.69, 9.17) is 21.7 Å². The van der Waals surface area contributed by atoms with Crippen LogP contribution >= 0.6 is 23.6 Å². The molecule has 2 aromatic carbocycles. The van der Waals surface area contributed by atoms with Gasteiger partial charge in [-0.05, 0) is 92.5 Å². The second-order valence-corrected chi connectivity index (χ2v) is 9.53. The maximum atomic E-state index is 13.6. The van der Waals surface area contributed by atoms with E-state index in [0.29, 0.717) is 36.2 Å². The van der Waals surface area contributed by atoms with Gasteiger partial charge in [-0.3, -0.25) is 14.5 Å². The largest absolute Gasteiger partial charge is 0.494 e. The van der Waals surface area contributed by atoms with E-state index in [1.165, 1.54) is 9.78 Å². The van der Waals surface area contributed by atoms with Crippen molar-refractivity contribution in [3.8, 4) is 11.5 Å². The molecule has 0 radical (unpaired) electrons. The zero-order chi connectivity index (χ0) is 25.5. The second kappa shape index (κ2) is 12.0. The van der Waals surface area contributed by atoms with Crippen LogP contribution in [0.15, 0.2) is 66.0 Å². The summed E-state index contributed by atoms with van der Waals surface area (Å²) in [5, 5.41) is 5.32. The molecule has 1 atom stereocenters. The minimum Gasteiger partial charge on any atom is -0.494 e. The summed E-state index contributed by atoms with van der Waals surface area (Å²) in [6, 6.07) is 17.8. The van der Waals surface area contributed by atoms with Gasteiger partial charge in [0.1, 0.15) is 17.5 Å². The predicted molar refractivity (Wildman–Crippen MR) is 147 cm³/mol. The first-order chi connectivity index (χ1) is 17.5. The molecule has 188 valence electrons. The SMILES string of the molecule is CCOc1ccc(NC(=O)C[C@@H]2C(=O)N(c3ccc(OCC)cc3)C(=S)N2CCc2cccs2)cc1. The molecular weight excluding hydrogens is 494 g/mol. The number of rotatable bonds is 11. The van der Waals surface area contributed by atoms with E-state index in [-0.39, 0.29) is 18.2 Å². The molecule has 0 spiro atoms. The van der Waals surface area contributed by atoms with Crippen LogP contribution in [0.2, 0.25) is 0 Å². The topological polar surface area (TPSA) is 71.1 Å². The third-order valence-corrected chi connectivity index (χ3v) is 7.08. The third kappa shape index (κ3) is 6.03. The standard InChI is InChI=1S/C27H29N3O4S2/c1-3-33-21-11-7-19(8-12-21)28-25(31)18-24-26(32)30(20-9-13-22(14-10-20)34-4-2)27(35)29(24)16-15-23-6-5-17-36-23/h5-14,17,24H,3-4,15-16,18H2,1-2H3,(H,28,31)/t24-/m1/s1. The van der Waals surface area contributed by atoms with E-state index in [1.807, 2.05) is 54.5 Å². The summed E-state index contributed by atoms with van der Waals surface area (Å²) in [6.45, 7) is 5.50. The van der Waals surface area contributed by atoms with Crippen LogP contribution < -0.4 is 19.7 Å². The Hall–Kier alpha value is -3.43. The quantitative estimate of drug-likeness (QED) is 0.352. The second-order valence-electron chi connectivity index (χ2n) is 8.13. The first-order valence-corrected chi connectivity index (χ1v) is 13.2. The van der Waals surface area contributed by atoms with Crippen molar-refractivity contribution in [2.24, 2.45) is 0 Å². The highest BCUT2D eigenvalue weighted by Crippen LogP contribution is 2.29. The molecule has 3 aromatic rings. The van der Waals surface area contributed by atoms with Crippen LogP contribution in [0.1, 0.15) is 25.1 Å². The molecule has 36 heavy (non-hydrogen) atoms. The summed E-state index contributed by atoms with van der Waals surface area (Å²) < 4.78 is 11.0. The number of carbonyl (C=O) groups is 2. The van der Waals surface area contributed by atoms with Gasteiger partial charge in [-0.25, -0.2) is 0 Å². The van der Waals surface area contributed by atoms with E-state index in [1.54, 1.807) is 35.6 Å². The highest BCUT2D eigenvalue weighted by Gasteiger charge is 2.43.